The van der Waals surface area contributed by atoms with E-state index in [1.165, 1.54) is 11.1 Å². The van der Waals surface area contributed by atoms with Crippen LogP contribution < -0.4 is 10.5 Å². The van der Waals surface area contributed by atoms with E-state index < -0.39 is 0 Å². The first-order valence-corrected chi connectivity index (χ1v) is 6.81. The van der Waals surface area contributed by atoms with Gasteiger partial charge in [0.15, 0.2) is 0 Å². The number of aryl methyl sites for hydroxylation is 1. The van der Waals surface area contributed by atoms with Gasteiger partial charge < -0.3 is 10.5 Å². The highest BCUT2D eigenvalue weighted by atomic mass is 32.1. The van der Waals surface area contributed by atoms with Crippen molar-refractivity contribution in [3.63, 3.8) is 0 Å². The molecule has 0 aliphatic heterocycles. The van der Waals surface area contributed by atoms with Gasteiger partial charge in [-0.3, -0.25) is 0 Å². The molecule has 1 heterocycles. The summed E-state index contributed by atoms with van der Waals surface area (Å²) in [4.78, 5) is 4.55. The maximum absolute atomic E-state index is 5.82. The molecule has 0 saturated carbocycles. The van der Waals surface area contributed by atoms with Crippen molar-refractivity contribution in [1.82, 2.24) is 4.98 Å². The highest BCUT2D eigenvalue weighted by Gasteiger charge is 2.08. The van der Waals surface area contributed by atoms with Gasteiger partial charge >= 0.3 is 0 Å². The van der Waals surface area contributed by atoms with Gasteiger partial charge in [0.1, 0.15) is 5.75 Å². The smallest absolute Gasteiger partial charge is 0.119 e. The van der Waals surface area contributed by atoms with Gasteiger partial charge in [-0.2, -0.15) is 0 Å². The van der Waals surface area contributed by atoms with Crippen LogP contribution in [0.2, 0.25) is 0 Å². The summed E-state index contributed by atoms with van der Waals surface area (Å²) in [5, 5.41) is 3.15. The second kappa shape index (κ2) is 5.50. The van der Waals surface area contributed by atoms with Crippen LogP contribution in [0.5, 0.6) is 5.75 Å². The summed E-state index contributed by atoms with van der Waals surface area (Å²) >= 11 is 1.67. The third-order valence-electron chi connectivity index (χ3n) is 2.93. The lowest BCUT2D eigenvalue weighted by Crippen LogP contribution is -2.05. The van der Waals surface area contributed by atoms with Gasteiger partial charge in [-0.15, -0.1) is 11.3 Å². The van der Waals surface area contributed by atoms with E-state index in [-0.39, 0.29) is 6.04 Å². The van der Waals surface area contributed by atoms with Crippen molar-refractivity contribution in [3.05, 3.63) is 45.4 Å². The molecule has 96 valence electrons. The molecule has 18 heavy (non-hydrogen) atoms. The average Bonchev–Trinajstić information content (AvgIpc) is 2.80. The lowest BCUT2D eigenvalue weighted by Gasteiger charge is -2.06. The van der Waals surface area contributed by atoms with E-state index in [9.17, 15) is 0 Å². The van der Waals surface area contributed by atoms with Crippen LogP contribution >= 0.6 is 11.3 Å². The molecule has 0 spiro atoms. The number of benzene rings is 1. The zero-order chi connectivity index (χ0) is 13.1. The zero-order valence-corrected chi connectivity index (χ0v) is 11.8. The Hall–Kier alpha value is -1.39. The van der Waals surface area contributed by atoms with Crippen LogP contribution in [-0.2, 0) is 6.42 Å². The Balaban J connectivity index is 2.17. The molecule has 0 amide bonds. The maximum Gasteiger partial charge on any atom is 0.119 e. The van der Waals surface area contributed by atoms with Crippen molar-refractivity contribution in [2.75, 3.05) is 7.11 Å². The van der Waals surface area contributed by atoms with Gasteiger partial charge in [0, 0.05) is 17.8 Å². The fraction of sp³-hybridized carbons (Fsp3) is 0.357. The van der Waals surface area contributed by atoms with Crippen LogP contribution in [0.1, 0.15) is 34.8 Å². The van der Waals surface area contributed by atoms with Crippen molar-refractivity contribution < 1.29 is 4.74 Å². The molecule has 2 N–H and O–H groups in total. The van der Waals surface area contributed by atoms with Crippen LogP contribution in [0.15, 0.2) is 23.6 Å². The molecule has 0 saturated heterocycles. The number of methoxy groups -OCH3 is 1. The Labute approximate surface area is 112 Å². The van der Waals surface area contributed by atoms with E-state index in [4.69, 9.17) is 10.5 Å². The largest absolute Gasteiger partial charge is 0.497 e. The van der Waals surface area contributed by atoms with E-state index in [1.54, 1.807) is 18.4 Å². The first-order valence-electron chi connectivity index (χ1n) is 5.93. The van der Waals surface area contributed by atoms with Gasteiger partial charge in [-0.05, 0) is 37.1 Å². The zero-order valence-electron chi connectivity index (χ0n) is 10.9. The van der Waals surface area contributed by atoms with Crippen molar-refractivity contribution in [1.29, 1.82) is 0 Å². The molecule has 4 heteroatoms. The number of hydrogen-bond donors (Lipinski definition) is 1. The summed E-state index contributed by atoms with van der Waals surface area (Å²) in [6.45, 7) is 4.05. The highest BCUT2D eigenvalue weighted by Crippen LogP contribution is 2.22. The Kier molecular flexibility index (Phi) is 3.99. The SMILES string of the molecule is COc1ccc(Cc2nc(C(C)N)cs2)c(C)c1. The molecule has 2 aromatic rings. The number of thiazole rings is 1. The van der Waals surface area contributed by atoms with E-state index >= 15 is 0 Å². The van der Waals surface area contributed by atoms with Gasteiger partial charge in [-0.1, -0.05) is 6.07 Å². The van der Waals surface area contributed by atoms with E-state index in [0.717, 1.165) is 22.9 Å². The van der Waals surface area contributed by atoms with Crippen LogP contribution in [0.25, 0.3) is 0 Å². The number of aromatic nitrogens is 1. The van der Waals surface area contributed by atoms with E-state index in [2.05, 4.69) is 24.0 Å². The molecular formula is C14H18N2OS. The summed E-state index contributed by atoms with van der Waals surface area (Å²) in [5.41, 5.74) is 9.30. The normalized spacial score (nSPS) is 12.4. The topological polar surface area (TPSA) is 48.1 Å². The number of hydrogen-bond acceptors (Lipinski definition) is 4. The molecule has 0 aliphatic rings. The second-order valence-corrected chi connectivity index (χ2v) is 5.37. The van der Waals surface area contributed by atoms with Crippen LogP contribution in [0, 0.1) is 6.92 Å². The molecular weight excluding hydrogens is 244 g/mol. The summed E-state index contributed by atoms with van der Waals surface area (Å²) in [6, 6.07) is 6.14. The summed E-state index contributed by atoms with van der Waals surface area (Å²) in [5.74, 6) is 0.895. The summed E-state index contributed by atoms with van der Waals surface area (Å²) in [7, 11) is 1.68. The van der Waals surface area contributed by atoms with Gasteiger partial charge in [-0.25, -0.2) is 4.98 Å². The third kappa shape index (κ3) is 2.89. The molecule has 1 aromatic heterocycles. The first kappa shape index (κ1) is 13.1. The minimum absolute atomic E-state index is 0.00645. The van der Waals surface area contributed by atoms with Crippen molar-refractivity contribution in [2.45, 2.75) is 26.3 Å². The molecule has 3 nitrogen and oxygen atoms in total. The molecule has 0 aliphatic carbocycles. The van der Waals surface area contributed by atoms with Crippen LogP contribution in [-0.4, -0.2) is 12.1 Å². The fourth-order valence-electron chi connectivity index (χ4n) is 1.77. The van der Waals surface area contributed by atoms with Gasteiger partial charge in [0.25, 0.3) is 0 Å². The average molecular weight is 262 g/mol. The van der Waals surface area contributed by atoms with Crippen molar-refractivity contribution in [3.8, 4) is 5.75 Å². The monoisotopic (exact) mass is 262 g/mol. The van der Waals surface area contributed by atoms with E-state index in [0.29, 0.717) is 0 Å². The summed E-state index contributed by atoms with van der Waals surface area (Å²) < 4.78 is 5.21. The third-order valence-corrected chi connectivity index (χ3v) is 3.79. The molecule has 1 aromatic carbocycles. The van der Waals surface area contributed by atoms with Gasteiger partial charge in [0.2, 0.25) is 0 Å². The Morgan fingerprint density at radius 2 is 2.22 bits per heavy atom. The maximum atomic E-state index is 5.82. The minimum Gasteiger partial charge on any atom is -0.497 e. The first-order chi connectivity index (χ1) is 8.60. The number of ether oxygens (including phenoxy) is 1. The van der Waals surface area contributed by atoms with Gasteiger partial charge in [0.05, 0.1) is 17.8 Å². The number of rotatable bonds is 4. The molecule has 1 unspecified atom stereocenters. The fourth-order valence-corrected chi connectivity index (χ4v) is 2.69. The lowest BCUT2D eigenvalue weighted by atomic mass is 10.1. The molecule has 2 rings (SSSR count). The minimum atomic E-state index is 0.00645. The Morgan fingerprint density at radius 1 is 1.44 bits per heavy atom. The standard InChI is InChI=1S/C14H18N2OS/c1-9-6-12(17-3)5-4-11(9)7-14-16-13(8-18-14)10(2)15/h4-6,8,10H,7,15H2,1-3H3. The summed E-state index contributed by atoms with van der Waals surface area (Å²) in [6.07, 6.45) is 0.854. The predicted molar refractivity (Wildman–Crippen MR) is 75.3 cm³/mol. The lowest BCUT2D eigenvalue weighted by molar-refractivity contribution is 0.414. The molecule has 0 radical (unpaired) electrons. The highest BCUT2D eigenvalue weighted by molar-refractivity contribution is 7.09. The van der Waals surface area contributed by atoms with Crippen LogP contribution in [0.4, 0.5) is 0 Å². The Morgan fingerprint density at radius 3 is 2.78 bits per heavy atom. The quantitative estimate of drug-likeness (QED) is 0.921. The molecule has 0 fully saturated rings. The molecule has 0 bridgehead atoms. The number of nitrogens with two attached hydrogens (primary N) is 1. The van der Waals surface area contributed by atoms with Crippen LogP contribution in [0.3, 0.4) is 0 Å². The predicted octanol–water partition coefficient (Wildman–Crippen LogP) is 3.07. The van der Waals surface area contributed by atoms with Crippen molar-refractivity contribution in [2.24, 2.45) is 5.73 Å². The second-order valence-electron chi connectivity index (χ2n) is 4.42. The molecule has 1 atom stereocenters. The number of nitrogens with zero attached hydrogens (tertiary/aromatic N) is 1. The Bertz CT molecular complexity index is 534. The van der Waals surface area contributed by atoms with E-state index in [1.807, 2.05) is 18.4 Å². The van der Waals surface area contributed by atoms with Crippen molar-refractivity contribution >= 4 is 11.3 Å².